The monoisotopic (exact) mass is 212 g/mol. The number of furan rings is 1. The van der Waals surface area contributed by atoms with Gasteiger partial charge in [-0.3, -0.25) is 5.26 Å². The third-order valence-corrected chi connectivity index (χ3v) is 2.39. The second kappa shape index (κ2) is 4.04. The summed E-state index contributed by atoms with van der Waals surface area (Å²) in [5.74, 6) is 0.667. The zero-order valence-electron chi connectivity index (χ0n) is 8.36. The van der Waals surface area contributed by atoms with Crippen LogP contribution >= 0.6 is 0 Å². The van der Waals surface area contributed by atoms with Crippen LogP contribution in [0, 0.1) is 0 Å². The van der Waals surface area contributed by atoms with Crippen molar-refractivity contribution in [3.63, 3.8) is 0 Å². The molecule has 0 saturated heterocycles. The van der Waals surface area contributed by atoms with E-state index >= 15 is 0 Å². The second-order valence-electron chi connectivity index (χ2n) is 3.47. The van der Waals surface area contributed by atoms with Crippen molar-refractivity contribution in [1.29, 1.82) is 0 Å². The Morgan fingerprint density at radius 3 is 3.13 bits per heavy atom. The molecule has 1 unspecified atom stereocenters. The quantitative estimate of drug-likeness (QED) is 0.461. The van der Waals surface area contributed by atoms with Gasteiger partial charge in [-0.15, -0.1) is 0 Å². The van der Waals surface area contributed by atoms with Gasteiger partial charge in [0, 0.05) is 6.42 Å². The molecule has 1 aromatic heterocycles. The van der Waals surface area contributed by atoms with Crippen LogP contribution in [0.15, 0.2) is 10.5 Å². The van der Waals surface area contributed by atoms with E-state index in [1.54, 1.807) is 13.0 Å². The van der Waals surface area contributed by atoms with Crippen LogP contribution < -0.4 is 0 Å². The zero-order valence-corrected chi connectivity index (χ0v) is 8.36. The Bertz CT molecular complexity index is 368. The third kappa shape index (κ3) is 1.88. The van der Waals surface area contributed by atoms with Crippen LogP contribution in [0.3, 0.4) is 0 Å². The predicted molar refractivity (Wildman–Crippen MR) is 49.4 cm³/mol. The van der Waals surface area contributed by atoms with Crippen molar-refractivity contribution in [1.82, 2.24) is 0 Å². The lowest BCUT2D eigenvalue weighted by molar-refractivity contribution is -0.280. The van der Waals surface area contributed by atoms with Gasteiger partial charge < -0.3 is 9.15 Å². The summed E-state index contributed by atoms with van der Waals surface area (Å²) in [6, 6.07) is 1.56. The van der Waals surface area contributed by atoms with Gasteiger partial charge in [-0.25, -0.2) is 9.68 Å². The Morgan fingerprint density at radius 1 is 1.60 bits per heavy atom. The summed E-state index contributed by atoms with van der Waals surface area (Å²) in [6.45, 7) is 2.05. The van der Waals surface area contributed by atoms with Crippen LogP contribution in [-0.2, 0) is 16.0 Å². The smallest absolute Gasteiger partial charge is 0.341 e. The summed E-state index contributed by atoms with van der Waals surface area (Å²) in [5.41, 5.74) is 0.436. The molecule has 1 N–H and O–H groups in total. The Morgan fingerprint density at radius 2 is 2.40 bits per heavy atom. The maximum atomic E-state index is 11.4. The molecule has 0 amide bonds. The minimum Gasteiger partial charge on any atom is -0.462 e. The maximum Gasteiger partial charge on any atom is 0.341 e. The minimum atomic E-state index is -0.579. The van der Waals surface area contributed by atoms with E-state index in [0.717, 1.165) is 6.42 Å². The molecule has 15 heavy (non-hydrogen) atoms. The van der Waals surface area contributed by atoms with Gasteiger partial charge in [-0.1, -0.05) is 0 Å². The first-order valence-electron chi connectivity index (χ1n) is 4.82. The number of ether oxygens (including phenoxy) is 1. The Labute approximate surface area is 86.5 Å². The minimum absolute atomic E-state index is 0.373. The molecule has 5 nitrogen and oxygen atoms in total. The van der Waals surface area contributed by atoms with Gasteiger partial charge in [0.15, 0.2) is 0 Å². The molecule has 0 radical (unpaired) electrons. The number of cyclic esters (lactones) is 1. The fraction of sp³-hybridized carbons (Fsp3) is 0.500. The van der Waals surface area contributed by atoms with Crippen LogP contribution in [-0.4, -0.2) is 17.8 Å². The molecular weight excluding hydrogens is 200 g/mol. The first-order valence-corrected chi connectivity index (χ1v) is 4.82. The van der Waals surface area contributed by atoms with E-state index in [9.17, 15) is 4.79 Å². The van der Waals surface area contributed by atoms with Gasteiger partial charge in [0.25, 0.3) is 0 Å². The lowest BCUT2D eigenvalue weighted by Crippen LogP contribution is -2.03. The molecule has 1 atom stereocenters. The molecule has 0 bridgehead atoms. The molecule has 1 aliphatic heterocycles. The number of aryl methyl sites for hydroxylation is 1. The lowest BCUT2D eigenvalue weighted by Gasteiger charge is -2.02. The van der Waals surface area contributed by atoms with Crippen LogP contribution in [0.1, 0.15) is 41.3 Å². The first kappa shape index (κ1) is 10.2. The van der Waals surface area contributed by atoms with Crippen LogP contribution in [0.2, 0.25) is 0 Å². The lowest BCUT2D eigenvalue weighted by atomic mass is 10.2. The van der Waals surface area contributed by atoms with Crippen LogP contribution in [0.4, 0.5) is 0 Å². The van der Waals surface area contributed by atoms with Gasteiger partial charge in [0.1, 0.15) is 23.2 Å². The molecule has 1 aromatic rings. The Kier molecular flexibility index (Phi) is 2.75. The van der Waals surface area contributed by atoms with Gasteiger partial charge >= 0.3 is 5.97 Å². The van der Waals surface area contributed by atoms with Crippen molar-refractivity contribution in [2.45, 2.75) is 25.9 Å². The highest BCUT2D eigenvalue weighted by Crippen LogP contribution is 2.26. The number of fused-ring (bicyclic) bond motifs is 1. The summed E-state index contributed by atoms with van der Waals surface area (Å²) in [5, 5.41) is 8.49. The highest BCUT2D eigenvalue weighted by molar-refractivity contribution is 5.91. The van der Waals surface area contributed by atoms with E-state index in [1.165, 1.54) is 0 Å². The molecule has 0 spiro atoms. The van der Waals surface area contributed by atoms with E-state index < -0.39 is 6.10 Å². The molecule has 2 heterocycles. The van der Waals surface area contributed by atoms with Crippen molar-refractivity contribution < 1.29 is 24.1 Å². The molecule has 0 aromatic carbocycles. The van der Waals surface area contributed by atoms with Crippen molar-refractivity contribution in [3.05, 3.63) is 23.2 Å². The standard InChI is InChI=1S/C10H12O5/c1-6(15-12)9-5-7-8(14-9)3-2-4-13-10(7)11/h5-6,12H,2-4H2,1H3. The van der Waals surface area contributed by atoms with E-state index in [4.69, 9.17) is 14.4 Å². The van der Waals surface area contributed by atoms with Crippen molar-refractivity contribution >= 4 is 5.97 Å². The van der Waals surface area contributed by atoms with Crippen LogP contribution in [0.5, 0.6) is 0 Å². The third-order valence-electron chi connectivity index (χ3n) is 2.39. The normalized spacial score (nSPS) is 17.9. The van der Waals surface area contributed by atoms with E-state index in [-0.39, 0.29) is 5.97 Å². The summed E-state index contributed by atoms with van der Waals surface area (Å²) in [7, 11) is 0. The number of hydrogen-bond acceptors (Lipinski definition) is 5. The topological polar surface area (TPSA) is 68.9 Å². The van der Waals surface area contributed by atoms with Gasteiger partial charge in [-0.05, 0) is 19.4 Å². The molecule has 0 fully saturated rings. The zero-order chi connectivity index (χ0) is 10.8. The number of carbonyl (C=O) groups excluding carboxylic acids is 1. The number of hydrogen-bond donors (Lipinski definition) is 1. The molecule has 5 heteroatoms. The highest BCUT2D eigenvalue weighted by Gasteiger charge is 2.24. The molecule has 0 aliphatic carbocycles. The number of carbonyl (C=O) groups is 1. The second-order valence-corrected chi connectivity index (χ2v) is 3.47. The fourth-order valence-electron chi connectivity index (χ4n) is 1.54. The molecule has 1 aliphatic rings. The summed E-state index contributed by atoms with van der Waals surface area (Å²) < 4.78 is 10.4. The highest BCUT2D eigenvalue weighted by atomic mass is 17.1. The van der Waals surface area contributed by atoms with E-state index in [1.807, 2.05) is 0 Å². The maximum absolute atomic E-state index is 11.4. The van der Waals surface area contributed by atoms with Gasteiger partial charge in [-0.2, -0.15) is 0 Å². The van der Waals surface area contributed by atoms with Gasteiger partial charge in [0.2, 0.25) is 0 Å². The summed E-state index contributed by atoms with van der Waals surface area (Å²) in [4.78, 5) is 15.6. The molecule has 82 valence electrons. The predicted octanol–water partition coefficient (Wildman–Crippen LogP) is 1.93. The van der Waals surface area contributed by atoms with Gasteiger partial charge in [0.05, 0.1) is 6.61 Å². The van der Waals surface area contributed by atoms with Crippen LogP contribution in [0.25, 0.3) is 0 Å². The van der Waals surface area contributed by atoms with Crippen molar-refractivity contribution in [2.75, 3.05) is 6.61 Å². The van der Waals surface area contributed by atoms with E-state index in [0.29, 0.717) is 30.1 Å². The SMILES string of the molecule is CC(OO)c1cc2c(o1)CCCOC2=O. The van der Waals surface area contributed by atoms with E-state index in [2.05, 4.69) is 4.89 Å². The average Bonchev–Trinajstić information content (AvgIpc) is 2.60. The fourth-order valence-corrected chi connectivity index (χ4v) is 1.54. The van der Waals surface area contributed by atoms with Crippen molar-refractivity contribution in [3.8, 4) is 0 Å². The average molecular weight is 212 g/mol. The summed E-state index contributed by atoms with van der Waals surface area (Å²) >= 11 is 0. The number of rotatable bonds is 2. The number of esters is 1. The Balaban J connectivity index is 2.33. The summed E-state index contributed by atoms with van der Waals surface area (Å²) in [6.07, 6.45) is 0.837. The Hall–Kier alpha value is -1.33. The molecule has 2 rings (SSSR count). The first-order chi connectivity index (χ1) is 7.22. The van der Waals surface area contributed by atoms with Crippen molar-refractivity contribution in [2.24, 2.45) is 0 Å². The molecular formula is C10H12O5. The molecule has 0 saturated carbocycles. The largest absolute Gasteiger partial charge is 0.462 e.